The zero-order valence-corrected chi connectivity index (χ0v) is 10.3. The van der Waals surface area contributed by atoms with Gasteiger partial charge in [-0.15, -0.1) is 0 Å². The highest BCUT2D eigenvalue weighted by molar-refractivity contribution is 5.95. The number of rotatable bonds is 2. The number of carbonyl (C=O) groups is 1. The van der Waals surface area contributed by atoms with Crippen molar-refractivity contribution in [1.82, 2.24) is 5.32 Å². The molecule has 0 atom stereocenters. The number of amides is 1. The molecule has 1 aliphatic rings. The zero-order valence-electron chi connectivity index (χ0n) is 10.3. The fourth-order valence-electron chi connectivity index (χ4n) is 2.28. The van der Waals surface area contributed by atoms with E-state index < -0.39 is 17.6 Å². The van der Waals surface area contributed by atoms with Gasteiger partial charge in [0.2, 0.25) is 0 Å². The highest BCUT2D eigenvalue weighted by Gasteiger charge is 2.33. The molecule has 0 bridgehead atoms. The summed E-state index contributed by atoms with van der Waals surface area (Å²) in [5, 5.41) is 2.75. The van der Waals surface area contributed by atoms with Crippen LogP contribution in [0.3, 0.4) is 0 Å². The summed E-state index contributed by atoms with van der Waals surface area (Å²) in [5.74, 6) is -0.475. The van der Waals surface area contributed by atoms with Gasteiger partial charge in [0.15, 0.2) is 0 Å². The van der Waals surface area contributed by atoms with E-state index in [4.69, 9.17) is 5.73 Å². The highest BCUT2D eigenvalue weighted by atomic mass is 19.4. The van der Waals surface area contributed by atoms with Crippen LogP contribution in [0.5, 0.6) is 0 Å². The molecule has 0 radical (unpaired) electrons. The summed E-state index contributed by atoms with van der Waals surface area (Å²) < 4.78 is 38.1. The fraction of sp³-hybridized carbons (Fsp3) is 0.462. The van der Waals surface area contributed by atoms with Crippen molar-refractivity contribution in [2.45, 2.75) is 37.9 Å². The Bertz CT molecular complexity index is 479. The average Bonchev–Trinajstić information content (AvgIpc) is 2.80. The van der Waals surface area contributed by atoms with Gasteiger partial charge in [-0.2, -0.15) is 13.2 Å². The summed E-state index contributed by atoms with van der Waals surface area (Å²) in [4.78, 5) is 11.9. The third-order valence-corrected chi connectivity index (χ3v) is 3.31. The first-order valence-corrected chi connectivity index (χ1v) is 6.15. The molecule has 6 heteroatoms. The van der Waals surface area contributed by atoms with Crippen LogP contribution < -0.4 is 11.1 Å². The van der Waals surface area contributed by atoms with Crippen LogP contribution in [0.15, 0.2) is 18.2 Å². The fourth-order valence-corrected chi connectivity index (χ4v) is 2.28. The van der Waals surface area contributed by atoms with Crippen molar-refractivity contribution in [2.24, 2.45) is 0 Å². The van der Waals surface area contributed by atoms with Crippen molar-refractivity contribution in [3.63, 3.8) is 0 Å². The van der Waals surface area contributed by atoms with Gasteiger partial charge in [-0.25, -0.2) is 0 Å². The zero-order chi connectivity index (χ0) is 14.0. The summed E-state index contributed by atoms with van der Waals surface area (Å²) >= 11 is 0. The van der Waals surface area contributed by atoms with E-state index in [9.17, 15) is 18.0 Å². The Morgan fingerprint density at radius 3 is 2.47 bits per heavy atom. The summed E-state index contributed by atoms with van der Waals surface area (Å²) in [6.45, 7) is 0. The molecule has 1 aliphatic carbocycles. The Kier molecular flexibility index (Phi) is 3.68. The number of nitrogen functional groups attached to an aromatic ring is 1. The lowest BCUT2D eigenvalue weighted by atomic mass is 10.1. The van der Waals surface area contributed by atoms with Gasteiger partial charge in [-0.1, -0.05) is 12.8 Å². The van der Waals surface area contributed by atoms with Crippen molar-refractivity contribution < 1.29 is 18.0 Å². The van der Waals surface area contributed by atoms with Crippen molar-refractivity contribution in [3.05, 3.63) is 29.3 Å². The molecular weight excluding hydrogens is 257 g/mol. The Balaban J connectivity index is 2.18. The van der Waals surface area contributed by atoms with Gasteiger partial charge in [0, 0.05) is 17.3 Å². The number of alkyl halides is 3. The standard InChI is InChI=1S/C13H15F3N2O/c14-13(15,16)10-7-8(5-6-11(10)17)12(19)18-9-3-1-2-4-9/h5-7,9H,1-4,17H2,(H,18,19). The molecule has 1 saturated carbocycles. The van der Waals surface area contributed by atoms with Crippen LogP contribution >= 0.6 is 0 Å². The summed E-state index contributed by atoms with van der Waals surface area (Å²) in [6.07, 6.45) is -0.700. The molecule has 1 aromatic carbocycles. The molecule has 19 heavy (non-hydrogen) atoms. The normalized spacial score (nSPS) is 16.6. The van der Waals surface area contributed by atoms with E-state index in [0.29, 0.717) is 0 Å². The molecule has 0 saturated heterocycles. The molecule has 0 spiro atoms. The molecule has 3 nitrogen and oxygen atoms in total. The lowest BCUT2D eigenvalue weighted by molar-refractivity contribution is -0.136. The maximum atomic E-state index is 12.7. The van der Waals surface area contributed by atoms with Crippen molar-refractivity contribution >= 4 is 11.6 Å². The topological polar surface area (TPSA) is 55.1 Å². The van der Waals surface area contributed by atoms with Gasteiger partial charge < -0.3 is 11.1 Å². The van der Waals surface area contributed by atoms with Gasteiger partial charge in [-0.05, 0) is 31.0 Å². The predicted molar refractivity (Wildman–Crippen MR) is 65.6 cm³/mol. The third kappa shape index (κ3) is 3.19. The van der Waals surface area contributed by atoms with Crippen molar-refractivity contribution in [2.75, 3.05) is 5.73 Å². The summed E-state index contributed by atoms with van der Waals surface area (Å²) in [5.41, 5.74) is 3.94. The van der Waals surface area contributed by atoms with E-state index in [1.807, 2.05) is 0 Å². The summed E-state index contributed by atoms with van der Waals surface area (Å²) in [6, 6.07) is 3.31. The van der Waals surface area contributed by atoms with Crippen LogP contribution in [-0.4, -0.2) is 11.9 Å². The third-order valence-electron chi connectivity index (χ3n) is 3.31. The number of hydrogen-bond acceptors (Lipinski definition) is 2. The lowest BCUT2D eigenvalue weighted by Gasteiger charge is -2.14. The van der Waals surface area contributed by atoms with Crippen LogP contribution in [0.4, 0.5) is 18.9 Å². The quantitative estimate of drug-likeness (QED) is 0.813. The van der Waals surface area contributed by atoms with E-state index in [0.717, 1.165) is 37.8 Å². The van der Waals surface area contributed by atoms with E-state index in [1.165, 1.54) is 6.07 Å². The predicted octanol–water partition coefficient (Wildman–Crippen LogP) is 2.96. The first-order valence-electron chi connectivity index (χ1n) is 6.15. The molecule has 3 N–H and O–H groups in total. The maximum absolute atomic E-state index is 12.7. The second-order valence-electron chi connectivity index (χ2n) is 4.75. The number of nitrogens with two attached hydrogens (primary N) is 1. The molecule has 1 fully saturated rings. The second-order valence-corrected chi connectivity index (χ2v) is 4.75. The van der Waals surface area contributed by atoms with E-state index in [1.54, 1.807) is 0 Å². The molecular formula is C13H15F3N2O. The molecule has 1 aromatic rings. The second kappa shape index (κ2) is 5.11. The van der Waals surface area contributed by atoms with Gasteiger partial charge in [0.1, 0.15) is 0 Å². The van der Waals surface area contributed by atoms with Crippen LogP contribution in [0.25, 0.3) is 0 Å². The average molecular weight is 272 g/mol. The molecule has 104 valence electrons. The smallest absolute Gasteiger partial charge is 0.398 e. The lowest BCUT2D eigenvalue weighted by Crippen LogP contribution is -2.32. The minimum atomic E-state index is -4.55. The van der Waals surface area contributed by atoms with Crippen LogP contribution in [-0.2, 0) is 6.18 Å². The maximum Gasteiger partial charge on any atom is 0.418 e. The minimum absolute atomic E-state index is 0.00609. The highest BCUT2D eigenvalue weighted by Crippen LogP contribution is 2.34. The van der Waals surface area contributed by atoms with E-state index >= 15 is 0 Å². The Morgan fingerprint density at radius 1 is 1.26 bits per heavy atom. The van der Waals surface area contributed by atoms with Crippen LogP contribution in [0, 0.1) is 0 Å². The Labute approximate surface area is 109 Å². The van der Waals surface area contributed by atoms with Gasteiger partial charge >= 0.3 is 6.18 Å². The van der Waals surface area contributed by atoms with Crippen LogP contribution in [0.1, 0.15) is 41.6 Å². The molecule has 1 amide bonds. The monoisotopic (exact) mass is 272 g/mol. The Hall–Kier alpha value is -1.72. The first-order chi connectivity index (χ1) is 8.88. The largest absolute Gasteiger partial charge is 0.418 e. The van der Waals surface area contributed by atoms with Crippen LogP contribution in [0.2, 0.25) is 0 Å². The first kappa shape index (κ1) is 13.7. The number of benzene rings is 1. The molecule has 0 aliphatic heterocycles. The Morgan fingerprint density at radius 2 is 1.89 bits per heavy atom. The number of nitrogens with one attached hydrogen (secondary N) is 1. The molecule has 2 rings (SSSR count). The number of halogens is 3. The summed E-state index contributed by atoms with van der Waals surface area (Å²) in [7, 11) is 0. The molecule has 0 heterocycles. The van der Waals surface area contributed by atoms with Crippen molar-refractivity contribution in [3.8, 4) is 0 Å². The van der Waals surface area contributed by atoms with Gasteiger partial charge in [0.05, 0.1) is 5.56 Å². The number of carbonyl (C=O) groups excluding carboxylic acids is 1. The van der Waals surface area contributed by atoms with E-state index in [-0.39, 0.29) is 17.3 Å². The van der Waals surface area contributed by atoms with Crippen molar-refractivity contribution in [1.29, 1.82) is 0 Å². The minimum Gasteiger partial charge on any atom is -0.398 e. The molecule has 0 unspecified atom stereocenters. The van der Waals surface area contributed by atoms with E-state index in [2.05, 4.69) is 5.32 Å². The number of anilines is 1. The SMILES string of the molecule is Nc1ccc(C(=O)NC2CCCC2)cc1C(F)(F)F. The number of hydrogen-bond donors (Lipinski definition) is 2. The van der Waals surface area contributed by atoms with Gasteiger partial charge in [0.25, 0.3) is 5.91 Å². The molecule has 0 aromatic heterocycles. The van der Waals surface area contributed by atoms with Gasteiger partial charge in [-0.3, -0.25) is 4.79 Å².